The number of aromatic nitrogens is 1. The number of hydrogen-bond acceptors (Lipinski definition) is 3. The molecule has 1 atom stereocenters. The van der Waals surface area contributed by atoms with Crippen LogP contribution in [-0.2, 0) is 4.79 Å². The molecule has 4 heteroatoms. The number of hydrogen-bond donors (Lipinski definition) is 0. The Morgan fingerprint density at radius 2 is 2.14 bits per heavy atom. The Kier molecular flexibility index (Phi) is 6.74. The zero-order valence-electron chi connectivity index (χ0n) is 14.0. The Labute approximate surface area is 138 Å². The SMILES string of the molecule is CCN(C(=O)CC1CCSCC1)[C@@H](c1cccnc1)C(C)C. The van der Waals surface area contributed by atoms with Gasteiger partial charge in [0.1, 0.15) is 0 Å². The van der Waals surface area contributed by atoms with Gasteiger partial charge in [0.05, 0.1) is 6.04 Å². The molecule has 0 spiro atoms. The van der Waals surface area contributed by atoms with Crippen LogP contribution in [0, 0.1) is 11.8 Å². The fourth-order valence-corrected chi connectivity index (χ4v) is 4.52. The van der Waals surface area contributed by atoms with Crippen LogP contribution in [0.2, 0.25) is 0 Å². The minimum absolute atomic E-state index is 0.129. The van der Waals surface area contributed by atoms with Crippen LogP contribution in [0.1, 0.15) is 51.6 Å². The van der Waals surface area contributed by atoms with Gasteiger partial charge in [-0.3, -0.25) is 9.78 Å². The second-order valence-corrected chi connectivity index (χ2v) is 7.64. The average molecular weight is 321 g/mol. The molecular formula is C18H28N2OS. The van der Waals surface area contributed by atoms with Crippen molar-refractivity contribution in [3.63, 3.8) is 0 Å². The summed E-state index contributed by atoms with van der Waals surface area (Å²) in [5.74, 6) is 3.68. The predicted octanol–water partition coefficient (Wildman–Crippen LogP) is 4.16. The highest BCUT2D eigenvalue weighted by Crippen LogP contribution is 2.31. The van der Waals surface area contributed by atoms with E-state index in [1.165, 1.54) is 24.3 Å². The summed E-state index contributed by atoms with van der Waals surface area (Å²) in [7, 11) is 0. The van der Waals surface area contributed by atoms with Crippen molar-refractivity contribution in [2.75, 3.05) is 18.1 Å². The molecule has 1 fully saturated rings. The lowest BCUT2D eigenvalue weighted by molar-refractivity contribution is -0.135. The van der Waals surface area contributed by atoms with E-state index in [0.717, 1.165) is 12.1 Å². The van der Waals surface area contributed by atoms with Crippen LogP contribution in [0.25, 0.3) is 0 Å². The number of pyridine rings is 1. The van der Waals surface area contributed by atoms with E-state index < -0.39 is 0 Å². The molecule has 0 bridgehead atoms. The molecule has 1 aromatic rings. The molecule has 0 unspecified atom stereocenters. The molecule has 3 nitrogen and oxygen atoms in total. The number of rotatable bonds is 6. The molecule has 0 radical (unpaired) electrons. The van der Waals surface area contributed by atoms with E-state index in [4.69, 9.17) is 0 Å². The van der Waals surface area contributed by atoms with Gasteiger partial charge in [0.2, 0.25) is 5.91 Å². The molecule has 2 rings (SSSR count). The summed E-state index contributed by atoms with van der Waals surface area (Å²) in [6.45, 7) is 7.22. The Morgan fingerprint density at radius 3 is 2.68 bits per heavy atom. The van der Waals surface area contributed by atoms with E-state index in [-0.39, 0.29) is 6.04 Å². The van der Waals surface area contributed by atoms with Crippen LogP contribution < -0.4 is 0 Å². The topological polar surface area (TPSA) is 33.2 Å². The fraction of sp³-hybridized carbons (Fsp3) is 0.667. The van der Waals surface area contributed by atoms with E-state index >= 15 is 0 Å². The molecular weight excluding hydrogens is 292 g/mol. The third-order valence-electron chi connectivity index (χ3n) is 4.46. The van der Waals surface area contributed by atoms with Gasteiger partial charge < -0.3 is 4.90 Å². The van der Waals surface area contributed by atoms with Gasteiger partial charge in [-0.25, -0.2) is 0 Å². The van der Waals surface area contributed by atoms with E-state index in [1.807, 2.05) is 24.0 Å². The van der Waals surface area contributed by atoms with Crippen LogP contribution in [0.15, 0.2) is 24.5 Å². The standard InChI is InChI=1S/C18H28N2OS/c1-4-20(17(21)12-15-7-10-22-11-8-15)18(14(2)3)16-6-5-9-19-13-16/h5-6,9,13-15,18H,4,7-8,10-12H2,1-3H3/t18-/m1/s1. The van der Waals surface area contributed by atoms with Gasteiger partial charge in [-0.2, -0.15) is 11.8 Å². The molecule has 1 saturated heterocycles. The van der Waals surface area contributed by atoms with E-state index in [2.05, 4.69) is 36.7 Å². The Balaban J connectivity index is 2.10. The first-order chi connectivity index (χ1) is 10.6. The molecule has 1 aromatic heterocycles. The van der Waals surface area contributed by atoms with Crippen molar-refractivity contribution in [2.45, 2.75) is 46.1 Å². The maximum Gasteiger partial charge on any atom is 0.223 e. The van der Waals surface area contributed by atoms with E-state index in [0.29, 0.717) is 24.2 Å². The number of carbonyl (C=O) groups excluding carboxylic acids is 1. The van der Waals surface area contributed by atoms with Crippen LogP contribution in [0.3, 0.4) is 0 Å². The lowest BCUT2D eigenvalue weighted by atomic mass is 9.93. The van der Waals surface area contributed by atoms with Crippen molar-refractivity contribution in [1.82, 2.24) is 9.88 Å². The molecule has 0 aliphatic carbocycles. The Bertz CT molecular complexity index is 457. The first-order valence-electron chi connectivity index (χ1n) is 8.40. The zero-order valence-corrected chi connectivity index (χ0v) is 14.8. The van der Waals surface area contributed by atoms with Gasteiger partial charge in [-0.05, 0) is 54.7 Å². The van der Waals surface area contributed by atoms with Gasteiger partial charge >= 0.3 is 0 Å². The molecule has 0 N–H and O–H groups in total. The summed E-state index contributed by atoms with van der Waals surface area (Å²) in [4.78, 5) is 19.2. The van der Waals surface area contributed by atoms with Gasteiger partial charge in [0, 0.05) is 25.4 Å². The second kappa shape index (κ2) is 8.56. The van der Waals surface area contributed by atoms with E-state index in [9.17, 15) is 4.79 Å². The highest BCUT2D eigenvalue weighted by Gasteiger charge is 2.28. The largest absolute Gasteiger partial charge is 0.336 e. The van der Waals surface area contributed by atoms with Crippen LogP contribution in [0.4, 0.5) is 0 Å². The Morgan fingerprint density at radius 1 is 1.41 bits per heavy atom. The predicted molar refractivity (Wildman–Crippen MR) is 93.9 cm³/mol. The molecule has 22 heavy (non-hydrogen) atoms. The zero-order chi connectivity index (χ0) is 15.9. The summed E-state index contributed by atoms with van der Waals surface area (Å²) >= 11 is 2.01. The summed E-state index contributed by atoms with van der Waals surface area (Å²) in [5, 5.41) is 0. The number of amides is 1. The molecule has 2 heterocycles. The molecule has 1 aliphatic rings. The highest BCUT2D eigenvalue weighted by atomic mass is 32.2. The fourth-order valence-electron chi connectivity index (χ4n) is 3.32. The molecule has 1 aliphatic heterocycles. The second-order valence-electron chi connectivity index (χ2n) is 6.41. The number of nitrogens with zero attached hydrogens (tertiary/aromatic N) is 2. The van der Waals surface area contributed by atoms with Crippen LogP contribution in [-0.4, -0.2) is 33.8 Å². The lowest BCUT2D eigenvalue weighted by Crippen LogP contribution is -2.38. The van der Waals surface area contributed by atoms with Crippen molar-refractivity contribution in [3.8, 4) is 0 Å². The number of thioether (sulfide) groups is 1. The number of carbonyl (C=O) groups is 1. The summed E-state index contributed by atoms with van der Waals surface area (Å²) in [6, 6.07) is 4.18. The van der Waals surface area contributed by atoms with Crippen molar-refractivity contribution >= 4 is 17.7 Å². The van der Waals surface area contributed by atoms with Crippen molar-refractivity contribution in [3.05, 3.63) is 30.1 Å². The first-order valence-corrected chi connectivity index (χ1v) is 9.56. The smallest absolute Gasteiger partial charge is 0.223 e. The summed E-state index contributed by atoms with van der Waals surface area (Å²) in [5.41, 5.74) is 1.15. The van der Waals surface area contributed by atoms with Gasteiger partial charge in [-0.15, -0.1) is 0 Å². The molecule has 122 valence electrons. The molecule has 0 saturated carbocycles. The van der Waals surface area contributed by atoms with Crippen molar-refractivity contribution in [2.24, 2.45) is 11.8 Å². The summed E-state index contributed by atoms with van der Waals surface area (Å²) < 4.78 is 0. The minimum atomic E-state index is 0.129. The van der Waals surface area contributed by atoms with Crippen molar-refractivity contribution in [1.29, 1.82) is 0 Å². The van der Waals surface area contributed by atoms with Crippen molar-refractivity contribution < 1.29 is 4.79 Å². The highest BCUT2D eigenvalue weighted by molar-refractivity contribution is 7.99. The van der Waals surface area contributed by atoms with E-state index in [1.54, 1.807) is 6.20 Å². The minimum Gasteiger partial charge on any atom is -0.336 e. The average Bonchev–Trinajstić information content (AvgIpc) is 2.53. The van der Waals surface area contributed by atoms with Gasteiger partial charge in [-0.1, -0.05) is 19.9 Å². The summed E-state index contributed by atoms with van der Waals surface area (Å²) in [6.07, 6.45) is 6.77. The quantitative estimate of drug-likeness (QED) is 0.789. The third-order valence-corrected chi connectivity index (χ3v) is 5.51. The lowest BCUT2D eigenvalue weighted by Gasteiger charge is -2.35. The Hall–Kier alpha value is -1.03. The maximum atomic E-state index is 12.9. The van der Waals surface area contributed by atoms with Crippen LogP contribution >= 0.6 is 11.8 Å². The molecule has 0 aromatic carbocycles. The molecule has 1 amide bonds. The van der Waals surface area contributed by atoms with Crippen LogP contribution in [0.5, 0.6) is 0 Å². The monoisotopic (exact) mass is 320 g/mol. The van der Waals surface area contributed by atoms with Gasteiger partial charge in [0.15, 0.2) is 0 Å². The third kappa shape index (κ3) is 4.48. The maximum absolute atomic E-state index is 12.9. The van der Waals surface area contributed by atoms with Gasteiger partial charge in [0.25, 0.3) is 0 Å². The normalized spacial score (nSPS) is 17.5. The first kappa shape index (κ1) is 17.3.